The van der Waals surface area contributed by atoms with E-state index in [4.69, 9.17) is 4.80 Å². The smallest absolute Gasteiger partial charge is 0.143 e. The predicted octanol–water partition coefficient (Wildman–Crippen LogP) is -0.735. The van der Waals surface area contributed by atoms with Crippen molar-refractivity contribution >= 4 is 18.3 Å². The molecule has 0 aromatic rings. The van der Waals surface area contributed by atoms with Crippen LogP contribution in [0.25, 0.3) is 0 Å². The van der Waals surface area contributed by atoms with Crippen LogP contribution in [0.3, 0.4) is 0 Å². The third-order valence-corrected chi connectivity index (χ3v) is 0. The van der Waals surface area contributed by atoms with Crippen LogP contribution >= 0.6 is 0 Å². The summed E-state index contributed by atoms with van der Waals surface area (Å²) in [7, 11) is 1.90. The lowest BCUT2D eigenvalue weighted by molar-refractivity contribution is 0.601. The van der Waals surface area contributed by atoms with Crippen molar-refractivity contribution in [1.29, 1.82) is 0 Å². The van der Waals surface area contributed by atoms with Gasteiger partial charge in [-0.2, -0.15) is 16.3 Å². The molecular weight excluding hydrogens is 84.2 g/mol. The number of hydrogen-bond donors (Lipinski definition) is 1. The Hall–Kier alpha value is 0.394. The van der Waals surface area contributed by atoms with Gasteiger partial charge >= 0.3 is 0 Å². The average molecular weight is 88.2 g/mol. The van der Waals surface area contributed by atoms with Crippen molar-refractivity contribution < 1.29 is 4.80 Å². The lowest BCUT2D eigenvalue weighted by Gasteiger charge is -1.98. The maximum Gasteiger partial charge on any atom is -0.143 e. The fourth-order valence-corrected chi connectivity index (χ4v) is 0. The molecule has 0 aliphatic heterocycles. The Morgan fingerprint density at radius 2 is 2.00 bits per heavy atom. The molecule has 23 valence electrons. The van der Waals surface area contributed by atoms with Crippen LogP contribution in [0, 0.1) is 0 Å². The zero-order valence-corrected chi connectivity index (χ0v) is 4.45. The fraction of sp³-hybridized carbons (Fsp3) is 1.00. The molecule has 0 aliphatic carbocycles. The van der Waals surface area contributed by atoms with E-state index in [0.717, 1.165) is 0 Å². The predicted molar refractivity (Wildman–Crippen MR) is 19.6 cm³/mol. The van der Waals surface area contributed by atoms with Gasteiger partial charge in [-0.15, -0.1) is 8.56 Å². The molecule has 1 N–H and O–H groups in total. The highest BCUT2D eigenvalue weighted by Crippen LogP contribution is 1.50. The maximum absolute atomic E-state index is 8.07. The highest BCUT2D eigenvalue weighted by atomic mass is 29.2. The average Bonchev–Trinajstić information content (AvgIpc) is 0.811. The van der Waals surface area contributed by atoms with E-state index < -0.39 is 8.56 Å². The van der Waals surface area contributed by atoms with Crippen LogP contribution in [-0.2, 0) is 0 Å². The molecule has 0 amide bonds. The van der Waals surface area contributed by atoms with Crippen LogP contribution in [0.1, 0.15) is 0 Å². The zero-order chi connectivity index (χ0) is 3.58. The van der Waals surface area contributed by atoms with Gasteiger partial charge in [-0.05, 0) is 0 Å². The van der Waals surface area contributed by atoms with Gasteiger partial charge in [0.2, 0.25) is 0 Å². The van der Waals surface area contributed by atoms with Crippen LogP contribution in [0.2, 0.25) is 6.55 Å². The molecule has 0 aliphatic rings. The summed E-state index contributed by atoms with van der Waals surface area (Å²) in [5, 5.41) is 0. The molecule has 3 heteroatoms. The quantitative estimate of drug-likeness (QED) is 0.387. The Bertz CT molecular complexity index is 10.8. The molecule has 0 rings (SSSR count). The van der Waals surface area contributed by atoms with Gasteiger partial charge < -0.3 is 4.80 Å². The minimum atomic E-state index is -1.07. The molecule has 0 bridgehead atoms. The summed E-state index contributed by atoms with van der Waals surface area (Å²) in [6, 6.07) is 0. The van der Waals surface area contributed by atoms with Crippen LogP contribution in [0.5, 0.6) is 0 Å². The van der Waals surface area contributed by atoms with Gasteiger partial charge in [0.05, 0.1) is 0 Å². The first kappa shape index (κ1) is 4.39. The molecule has 0 heterocycles. The van der Waals surface area contributed by atoms with E-state index in [1.165, 1.54) is 0 Å². The molecule has 0 saturated carbocycles. The van der Waals surface area contributed by atoms with Crippen molar-refractivity contribution in [3.8, 4) is 0 Å². The van der Waals surface area contributed by atoms with Crippen LogP contribution in [-0.4, -0.2) is 23.1 Å². The molecule has 0 unspecified atom stereocenters. The van der Waals surface area contributed by atoms with E-state index in [9.17, 15) is 0 Å². The van der Waals surface area contributed by atoms with E-state index >= 15 is 0 Å². The van der Waals surface area contributed by atoms with Crippen LogP contribution in [0.15, 0.2) is 0 Å². The van der Waals surface area contributed by atoms with Crippen molar-refractivity contribution in [2.24, 2.45) is 0 Å². The second-order valence-electron chi connectivity index (χ2n) is 0.585. The van der Waals surface area contributed by atoms with Gasteiger partial charge in [-0.3, -0.25) is 0 Å². The number of rotatable bonds is 0. The Balaban J connectivity index is 2.32. The summed E-state index contributed by atoms with van der Waals surface area (Å²) < 4.78 is 0. The Kier molecular flexibility index (Phi) is 1.85. The Morgan fingerprint density at radius 1 is 2.00 bits per heavy atom. The third-order valence-electron chi connectivity index (χ3n) is 0. The van der Waals surface area contributed by atoms with E-state index in [-0.39, 0.29) is 0 Å². The van der Waals surface area contributed by atoms with Gasteiger partial charge in [0.25, 0.3) is 0 Å². The van der Waals surface area contributed by atoms with E-state index in [1.54, 1.807) is 6.55 Å². The third kappa shape index (κ3) is 30.0. The normalized spacial score (nSPS) is 9.00. The summed E-state index contributed by atoms with van der Waals surface area (Å²) in [6.45, 7) is 1.74. The van der Waals surface area contributed by atoms with Crippen molar-refractivity contribution in [3.63, 3.8) is 0 Å². The zero-order valence-electron chi connectivity index (χ0n) is 2.45. The Morgan fingerprint density at radius 3 is 2.00 bits per heavy atom. The molecular formula is CH4OSi2-. The van der Waals surface area contributed by atoms with Gasteiger partial charge in [0, 0.05) is 0 Å². The maximum atomic E-state index is 8.07. The largest absolute Gasteiger partial charge is 0.605 e. The Labute approximate surface area is 30.6 Å². The summed E-state index contributed by atoms with van der Waals surface area (Å²) in [5.74, 6) is 0. The van der Waals surface area contributed by atoms with Gasteiger partial charge in [-0.25, -0.2) is 0 Å². The van der Waals surface area contributed by atoms with Crippen molar-refractivity contribution in [2.75, 3.05) is 0 Å². The van der Waals surface area contributed by atoms with Crippen molar-refractivity contribution in [1.82, 2.24) is 0 Å². The van der Waals surface area contributed by atoms with Crippen molar-refractivity contribution in [3.05, 3.63) is 0 Å². The highest BCUT2D eigenvalue weighted by Gasteiger charge is 1.51. The van der Waals surface area contributed by atoms with Crippen LogP contribution < -0.4 is 0 Å². The van der Waals surface area contributed by atoms with Crippen molar-refractivity contribution in [2.45, 2.75) is 6.55 Å². The molecule has 1 nitrogen and oxygen atoms in total. The second-order valence-corrected chi connectivity index (χ2v) is 3.93. The van der Waals surface area contributed by atoms with Crippen LogP contribution in [0.4, 0.5) is 0 Å². The van der Waals surface area contributed by atoms with Gasteiger partial charge in [0.1, 0.15) is 0 Å². The van der Waals surface area contributed by atoms with E-state index in [1.807, 2.05) is 0 Å². The number of hydrogen-bond acceptors (Lipinski definition) is 1. The minimum absolute atomic E-state index is 1.07. The monoisotopic (exact) mass is 88.0 g/mol. The topological polar surface area (TPSA) is 20.2 Å². The molecule has 0 saturated heterocycles. The highest BCUT2D eigenvalue weighted by molar-refractivity contribution is 6.97. The summed E-state index contributed by atoms with van der Waals surface area (Å²) in [5.41, 5.74) is 0. The fourth-order valence-electron chi connectivity index (χ4n) is 0. The molecule has 3 radical (unpaired) electrons. The van der Waals surface area contributed by atoms with E-state index in [0.29, 0.717) is 0 Å². The standard InChI is InChI=1S/CH4OSi2/c1-4(2)3/h2H,1H3/q-1. The molecule has 4 heavy (non-hydrogen) atoms. The lowest BCUT2D eigenvalue weighted by atomic mass is 11.9. The molecule has 0 fully saturated rings. The lowest BCUT2D eigenvalue weighted by Crippen LogP contribution is -2.02. The SMILES string of the molecule is C[Si-](O)[Si]. The van der Waals surface area contributed by atoms with E-state index in [2.05, 4.69) is 9.76 Å². The molecule has 0 aromatic heterocycles. The van der Waals surface area contributed by atoms with Gasteiger partial charge in [-0.1, -0.05) is 0 Å². The molecule has 0 aromatic carbocycles. The summed E-state index contributed by atoms with van der Waals surface area (Å²) in [4.78, 5) is 8.07. The minimum Gasteiger partial charge on any atom is -0.605 e. The molecule has 0 spiro atoms. The second kappa shape index (κ2) is 1.69. The molecule has 0 atom stereocenters. The summed E-state index contributed by atoms with van der Waals surface area (Å²) >= 11 is 0. The first-order valence-corrected chi connectivity index (χ1v) is 4.42. The summed E-state index contributed by atoms with van der Waals surface area (Å²) in [6.07, 6.45) is 0. The van der Waals surface area contributed by atoms with Gasteiger partial charge in [0.15, 0.2) is 0 Å². The first-order chi connectivity index (χ1) is 1.73. The first-order valence-electron chi connectivity index (χ1n) is 0.974.